The van der Waals surface area contributed by atoms with Crippen LogP contribution in [-0.4, -0.2) is 6.36 Å². The summed E-state index contributed by atoms with van der Waals surface area (Å²) in [7, 11) is 0. The van der Waals surface area contributed by atoms with Crippen LogP contribution in [0, 0.1) is 13.8 Å². The van der Waals surface area contributed by atoms with E-state index in [0.717, 1.165) is 0 Å². The first-order valence-corrected chi connectivity index (χ1v) is 4.30. The highest BCUT2D eigenvalue weighted by Crippen LogP contribution is 2.31. The smallest absolute Gasteiger partial charge is 0.405 e. The molecule has 0 saturated carbocycles. The van der Waals surface area contributed by atoms with Crippen molar-refractivity contribution >= 4 is 12.6 Å². The Morgan fingerprint density at radius 2 is 1.57 bits per heavy atom. The Morgan fingerprint density at radius 1 is 1.14 bits per heavy atom. The number of benzene rings is 1. The number of ether oxygens (including phenoxy) is 1. The highest BCUT2D eigenvalue weighted by Gasteiger charge is 2.32. The first-order valence-electron chi connectivity index (χ1n) is 3.85. The molecule has 0 spiro atoms. The summed E-state index contributed by atoms with van der Waals surface area (Å²) in [6.45, 7) is 3.10. The first-order chi connectivity index (χ1) is 6.29. The van der Waals surface area contributed by atoms with Crippen molar-refractivity contribution in [3.05, 3.63) is 23.3 Å². The van der Waals surface area contributed by atoms with Crippen LogP contribution in [-0.2, 0) is 0 Å². The molecule has 0 heterocycles. The number of hydrogen-bond donors (Lipinski definition) is 1. The van der Waals surface area contributed by atoms with Crippen molar-refractivity contribution in [1.29, 1.82) is 0 Å². The normalized spacial score (nSPS) is 11.6. The predicted octanol–water partition coefficient (Wildman–Crippen LogP) is 3.49. The molecule has 1 aromatic carbocycles. The van der Waals surface area contributed by atoms with E-state index in [4.69, 9.17) is 0 Å². The lowest BCUT2D eigenvalue weighted by atomic mass is 10.1. The van der Waals surface area contributed by atoms with E-state index in [1.807, 2.05) is 0 Å². The topological polar surface area (TPSA) is 9.23 Å². The van der Waals surface area contributed by atoms with Gasteiger partial charge in [0.25, 0.3) is 0 Å². The van der Waals surface area contributed by atoms with E-state index in [2.05, 4.69) is 17.4 Å². The third-order valence-corrected chi connectivity index (χ3v) is 1.92. The zero-order valence-electron chi connectivity index (χ0n) is 7.64. The molecular weight excluding hydrogens is 213 g/mol. The molecule has 0 N–H and O–H groups in total. The second kappa shape index (κ2) is 3.73. The second-order valence-corrected chi connectivity index (χ2v) is 3.47. The fourth-order valence-electron chi connectivity index (χ4n) is 1.20. The predicted molar refractivity (Wildman–Crippen MR) is 49.9 cm³/mol. The second-order valence-electron chi connectivity index (χ2n) is 2.96. The van der Waals surface area contributed by atoms with E-state index in [-0.39, 0.29) is 5.75 Å². The van der Waals surface area contributed by atoms with Crippen LogP contribution in [0.3, 0.4) is 0 Å². The Morgan fingerprint density at radius 3 is 1.93 bits per heavy atom. The van der Waals surface area contributed by atoms with Crippen LogP contribution in [0.2, 0.25) is 0 Å². The molecule has 5 heteroatoms. The van der Waals surface area contributed by atoms with Crippen LogP contribution < -0.4 is 4.74 Å². The van der Waals surface area contributed by atoms with Crippen molar-refractivity contribution in [1.82, 2.24) is 0 Å². The Labute approximate surface area is 85.3 Å². The minimum absolute atomic E-state index is 0.143. The van der Waals surface area contributed by atoms with Gasteiger partial charge in [0.1, 0.15) is 5.75 Å². The quantitative estimate of drug-likeness (QED) is 0.715. The molecular formula is C9H9F3OS. The summed E-state index contributed by atoms with van der Waals surface area (Å²) < 4.78 is 39.8. The van der Waals surface area contributed by atoms with Crippen LogP contribution in [0.4, 0.5) is 13.2 Å². The maximum Gasteiger partial charge on any atom is 0.573 e. The summed E-state index contributed by atoms with van der Waals surface area (Å²) in [5, 5.41) is 0. The molecule has 0 saturated heterocycles. The molecule has 0 aromatic heterocycles. The molecule has 0 bridgehead atoms. The van der Waals surface area contributed by atoms with Crippen molar-refractivity contribution in [3.8, 4) is 5.75 Å². The van der Waals surface area contributed by atoms with Gasteiger partial charge in [-0.2, -0.15) is 0 Å². The van der Waals surface area contributed by atoms with Crippen molar-refractivity contribution in [2.24, 2.45) is 0 Å². The Balaban J connectivity index is 3.09. The van der Waals surface area contributed by atoms with Gasteiger partial charge >= 0.3 is 6.36 Å². The van der Waals surface area contributed by atoms with E-state index in [0.29, 0.717) is 16.0 Å². The third kappa shape index (κ3) is 2.83. The molecule has 0 atom stereocenters. The van der Waals surface area contributed by atoms with E-state index in [1.54, 1.807) is 13.8 Å². The fraction of sp³-hybridized carbons (Fsp3) is 0.333. The van der Waals surface area contributed by atoms with Crippen LogP contribution >= 0.6 is 12.6 Å². The van der Waals surface area contributed by atoms with Gasteiger partial charge in [0.2, 0.25) is 0 Å². The monoisotopic (exact) mass is 222 g/mol. The lowest BCUT2D eigenvalue weighted by molar-refractivity contribution is -0.275. The SMILES string of the molecule is Cc1cc(S)cc(C)c1OC(F)(F)F. The molecule has 0 amide bonds. The van der Waals surface area contributed by atoms with E-state index in [9.17, 15) is 13.2 Å². The maximum absolute atomic E-state index is 12.0. The van der Waals surface area contributed by atoms with E-state index in [1.165, 1.54) is 12.1 Å². The lowest BCUT2D eigenvalue weighted by Crippen LogP contribution is -2.18. The molecule has 0 radical (unpaired) electrons. The highest BCUT2D eigenvalue weighted by atomic mass is 32.1. The molecule has 78 valence electrons. The van der Waals surface area contributed by atoms with Crippen molar-refractivity contribution in [2.45, 2.75) is 25.1 Å². The molecule has 0 unspecified atom stereocenters. The van der Waals surface area contributed by atoms with Gasteiger partial charge in [-0.25, -0.2) is 0 Å². The van der Waals surface area contributed by atoms with Gasteiger partial charge in [-0.15, -0.1) is 25.8 Å². The van der Waals surface area contributed by atoms with Crippen molar-refractivity contribution < 1.29 is 17.9 Å². The molecule has 14 heavy (non-hydrogen) atoms. The standard InChI is InChI=1S/C9H9F3OS/c1-5-3-7(14)4-6(2)8(5)13-9(10,11)12/h3-4,14H,1-2H3. The van der Waals surface area contributed by atoms with Crippen LogP contribution in [0.15, 0.2) is 17.0 Å². The number of halogens is 3. The van der Waals surface area contributed by atoms with Gasteiger partial charge in [0.15, 0.2) is 0 Å². The van der Waals surface area contributed by atoms with Gasteiger partial charge in [-0.3, -0.25) is 0 Å². The minimum atomic E-state index is -4.65. The molecule has 1 rings (SSSR count). The molecule has 1 nitrogen and oxygen atoms in total. The lowest BCUT2D eigenvalue weighted by Gasteiger charge is -2.14. The van der Waals surface area contributed by atoms with Gasteiger partial charge in [-0.05, 0) is 37.1 Å². The number of rotatable bonds is 1. The fourth-order valence-corrected chi connectivity index (χ4v) is 1.59. The zero-order valence-corrected chi connectivity index (χ0v) is 8.54. The number of alkyl halides is 3. The minimum Gasteiger partial charge on any atom is -0.405 e. The summed E-state index contributed by atoms with van der Waals surface area (Å²) in [5.74, 6) is -0.143. The van der Waals surface area contributed by atoms with Gasteiger partial charge in [0.05, 0.1) is 0 Å². The largest absolute Gasteiger partial charge is 0.573 e. The molecule has 0 aliphatic carbocycles. The Kier molecular flexibility index (Phi) is 2.99. The average Bonchev–Trinajstić information content (AvgIpc) is 1.95. The third-order valence-electron chi connectivity index (χ3n) is 1.66. The van der Waals surface area contributed by atoms with Gasteiger partial charge in [-0.1, -0.05) is 0 Å². The summed E-state index contributed by atoms with van der Waals surface area (Å²) in [6.07, 6.45) is -4.65. The molecule has 0 fully saturated rings. The molecule has 1 aromatic rings. The average molecular weight is 222 g/mol. The first kappa shape index (κ1) is 11.2. The summed E-state index contributed by atoms with van der Waals surface area (Å²) in [6, 6.07) is 3.05. The van der Waals surface area contributed by atoms with Crippen LogP contribution in [0.1, 0.15) is 11.1 Å². The summed E-state index contributed by atoms with van der Waals surface area (Å²) in [5.41, 5.74) is 0.847. The highest BCUT2D eigenvalue weighted by molar-refractivity contribution is 7.80. The molecule has 0 aliphatic rings. The van der Waals surface area contributed by atoms with Gasteiger partial charge in [0, 0.05) is 4.90 Å². The number of hydrogen-bond acceptors (Lipinski definition) is 2. The number of thiol groups is 1. The van der Waals surface area contributed by atoms with Crippen LogP contribution in [0.5, 0.6) is 5.75 Å². The number of aryl methyl sites for hydroxylation is 2. The maximum atomic E-state index is 12.0. The summed E-state index contributed by atoms with van der Waals surface area (Å²) in [4.78, 5) is 0.620. The zero-order chi connectivity index (χ0) is 10.9. The molecule has 0 aliphatic heterocycles. The Hall–Kier alpha value is -0.840. The van der Waals surface area contributed by atoms with Crippen molar-refractivity contribution in [2.75, 3.05) is 0 Å². The van der Waals surface area contributed by atoms with E-state index < -0.39 is 6.36 Å². The Bertz CT molecular complexity index is 323. The van der Waals surface area contributed by atoms with Crippen LogP contribution in [0.25, 0.3) is 0 Å². The van der Waals surface area contributed by atoms with E-state index >= 15 is 0 Å². The summed E-state index contributed by atoms with van der Waals surface area (Å²) >= 11 is 4.05. The van der Waals surface area contributed by atoms with Gasteiger partial charge < -0.3 is 4.74 Å². The van der Waals surface area contributed by atoms with Crippen molar-refractivity contribution in [3.63, 3.8) is 0 Å².